The molecule has 0 aliphatic heterocycles. The fourth-order valence-corrected chi connectivity index (χ4v) is 2.54. The van der Waals surface area contributed by atoms with Gasteiger partial charge in [0.15, 0.2) is 0 Å². The highest BCUT2D eigenvalue weighted by Gasteiger charge is 2.16. The van der Waals surface area contributed by atoms with Crippen molar-refractivity contribution >= 4 is 17.4 Å². The maximum atomic E-state index is 13.1. The minimum absolute atomic E-state index is 0.203. The summed E-state index contributed by atoms with van der Waals surface area (Å²) in [6.45, 7) is 2.46. The highest BCUT2D eigenvalue weighted by atomic mass is 19.1. The van der Waals surface area contributed by atoms with Crippen LogP contribution in [0.1, 0.15) is 24.4 Å². The normalized spacial score (nSPS) is 12.3. The number of hydrogen-bond donors (Lipinski definition) is 1. The van der Waals surface area contributed by atoms with Gasteiger partial charge in [-0.25, -0.2) is 9.37 Å². The maximum Gasteiger partial charge on any atom is 0.207 e. The number of imidazole rings is 1. The lowest BCUT2D eigenvalue weighted by Crippen LogP contribution is -2.20. The quantitative estimate of drug-likeness (QED) is 0.736. The van der Waals surface area contributed by atoms with E-state index in [0.29, 0.717) is 13.0 Å². The summed E-state index contributed by atoms with van der Waals surface area (Å²) in [6, 6.07) is 14.0. The Bertz CT molecular complexity index is 795. The standard InChI is InChI=1S/C17H16FN3O/c1-12(19-11-22)17-20-15-4-2-3-5-16(15)21(17)10-13-6-8-14(18)9-7-13/h2-9,11-12H,10H2,1H3,(H,19,22)/t12-/m1/s1. The van der Waals surface area contributed by atoms with Crippen molar-refractivity contribution in [2.45, 2.75) is 19.5 Å². The summed E-state index contributed by atoms with van der Waals surface area (Å²) in [7, 11) is 0. The van der Waals surface area contributed by atoms with Crippen molar-refractivity contribution in [2.75, 3.05) is 0 Å². The molecule has 0 saturated heterocycles. The third-order valence-electron chi connectivity index (χ3n) is 3.64. The van der Waals surface area contributed by atoms with Crippen molar-refractivity contribution in [2.24, 2.45) is 0 Å². The van der Waals surface area contributed by atoms with Crippen molar-refractivity contribution in [3.8, 4) is 0 Å². The van der Waals surface area contributed by atoms with Crippen molar-refractivity contribution in [1.29, 1.82) is 0 Å². The molecule has 0 bridgehead atoms. The molecule has 5 heteroatoms. The zero-order valence-corrected chi connectivity index (χ0v) is 12.2. The van der Waals surface area contributed by atoms with E-state index in [-0.39, 0.29) is 11.9 Å². The van der Waals surface area contributed by atoms with Gasteiger partial charge in [-0.1, -0.05) is 24.3 Å². The SMILES string of the molecule is C[C@@H](NC=O)c1nc2ccccc2n1Cc1ccc(F)cc1. The number of benzene rings is 2. The zero-order chi connectivity index (χ0) is 15.5. The van der Waals surface area contributed by atoms with Gasteiger partial charge in [0.25, 0.3) is 0 Å². The fraction of sp³-hybridized carbons (Fsp3) is 0.176. The summed E-state index contributed by atoms with van der Waals surface area (Å²) in [5.41, 5.74) is 2.84. The van der Waals surface area contributed by atoms with Crippen LogP contribution in [0.5, 0.6) is 0 Å². The first kappa shape index (κ1) is 14.3. The molecule has 0 fully saturated rings. The van der Waals surface area contributed by atoms with E-state index in [1.165, 1.54) is 12.1 Å². The van der Waals surface area contributed by atoms with E-state index in [4.69, 9.17) is 0 Å². The zero-order valence-electron chi connectivity index (χ0n) is 12.2. The van der Waals surface area contributed by atoms with Crippen LogP contribution in [0.4, 0.5) is 4.39 Å². The second kappa shape index (κ2) is 5.97. The number of carbonyl (C=O) groups excluding carboxylic acids is 1. The van der Waals surface area contributed by atoms with E-state index < -0.39 is 0 Å². The van der Waals surface area contributed by atoms with Gasteiger partial charge in [0.1, 0.15) is 11.6 Å². The molecule has 3 aromatic rings. The van der Waals surface area contributed by atoms with Gasteiger partial charge in [0.05, 0.1) is 17.1 Å². The van der Waals surface area contributed by atoms with Gasteiger partial charge in [0, 0.05) is 6.54 Å². The predicted octanol–water partition coefficient (Wildman–Crippen LogP) is 3.03. The first-order valence-corrected chi connectivity index (χ1v) is 7.08. The molecule has 1 heterocycles. The smallest absolute Gasteiger partial charge is 0.207 e. The molecule has 4 nitrogen and oxygen atoms in total. The molecule has 1 N–H and O–H groups in total. The van der Waals surface area contributed by atoms with E-state index in [1.54, 1.807) is 12.1 Å². The average molecular weight is 297 g/mol. The summed E-state index contributed by atoms with van der Waals surface area (Å²) < 4.78 is 15.1. The van der Waals surface area contributed by atoms with Crippen molar-refractivity contribution in [3.05, 3.63) is 65.7 Å². The first-order valence-electron chi connectivity index (χ1n) is 7.08. The van der Waals surface area contributed by atoms with Gasteiger partial charge in [-0.15, -0.1) is 0 Å². The average Bonchev–Trinajstić information content (AvgIpc) is 2.89. The van der Waals surface area contributed by atoms with E-state index in [1.807, 2.05) is 35.8 Å². The van der Waals surface area contributed by atoms with Crippen molar-refractivity contribution in [1.82, 2.24) is 14.9 Å². The van der Waals surface area contributed by atoms with Crippen molar-refractivity contribution in [3.63, 3.8) is 0 Å². The van der Waals surface area contributed by atoms with Crippen LogP contribution in [0.2, 0.25) is 0 Å². The molecule has 0 spiro atoms. The molecule has 1 amide bonds. The van der Waals surface area contributed by atoms with Gasteiger partial charge in [-0.3, -0.25) is 4.79 Å². The molecule has 3 rings (SSSR count). The number of fused-ring (bicyclic) bond motifs is 1. The number of rotatable bonds is 5. The number of amides is 1. The predicted molar refractivity (Wildman–Crippen MR) is 82.8 cm³/mol. The van der Waals surface area contributed by atoms with E-state index in [9.17, 15) is 9.18 Å². The van der Waals surface area contributed by atoms with Gasteiger partial charge in [-0.2, -0.15) is 0 Å². The van der Waals surface area contributed by atoms with Gasteiger partial charge in [-0.05, 0) is 36.8 Å². The van der Waals surface area contributed by atoms with Crippen LogP contribution >= 0.6 is 0 Å². The molecule has 0 aliphatic rings. The number of hydrogen-bond acceptors (Lipinski definition) is 2. The summed E-state index contributed by atoms with van der Waals surface area (Å²) in [5.74, 6) is 0.521. The van der Waals surface area contributed by atoms with Crippen LogP contribution in [-0.2, 0) is 11.3 Å². The molecular formula is C17H16FN3O. The van der Waals surface area contributed by atoms with Crippen LogP contribution < -0.4 is 5.32 Å². The Balaban J connectivity index is 2.06. The molecule has 0 radical (unpaired) electrons. The molecule has 0 unspecified atom stereocenters. The Morgan fingerprint density at radius 1 is 1.23 bits per heavy atom. The van der Waals surface area contributed by atoms with Crippen LogP contribution in [0.3, 0.4) is 0 Å². The lowest BCUT2D eigenvalue weighted by atomic mass is 10.2. The van der Waals surface area contributed by atoms with Gasteiger partial charge >= 0.3 is 0 Å². The summed E-state index contributed by atoms with van der Waals surface area (Å²) in [4.78, 5) is 15.3. The Morgan fingerprint density at radius 3 is 2.68 bits per heavy atom. The van der Waals surface area contributed by atoms with E-state index in [0.717, 1.165) is 22.4 Å². The topological polar surface area (TPSA) is 46.9 Å². The van der Waals surface area contributed by atoms with Crippen LogP contribution in [0.25, 0.3) is 11.0 Å². The van der Waals surface area contributed by atoms with Gasteiger partial charge in [0.2, 0.25) is 6.41 Å². The Labute approximate surface area is 127 Å². The minimum atomic E-state index is -0.254. The van der Waals surface area contributed by atoms with Crippen LogP contribution in [-0.4, -0.2) is 16.0 Å². The molecule has 1 atom stereocenters. The third kappa shape index (κ3) is 2.70. The molecule has 0 aliphatic carbocycles. The number of nitrogens with one attached hydrogen (secondary N) is 1. The van der Waals surface area contributed by atoms with Crippen LogP contribution in [0, 0.1) is 5.82 Å². The van der Waals surface area contributed by atoms with Gasteiger partial charge < -0.3 is 9.88 Å². The number of nitrogens with zero attached hydrogens (tertiary/aromatic N) is 2. The number of para-hydroxylation sites is 2. The van der Waals surface area contributed by atoms with Crippen molar-refractivity contribution < 1.29 is 9.18 Å². The third-order valence-corrected chi connectivity index (χ3v) is 3.64. The number of aromatic nitrogens is 2. The van der Waals surface area contributed by atoms with E-state index in [2.05, 4.69) is 10.3 Å². The summed E-state index contributed by atoms with van der Waals surface area (Å²) in [6.07, 6.45) is 0.673. The first-order chi connectivity index (χ1) is 10.7. The highest BCUT2D eigenvalue weighted by Crippen LogP contribution is 2.22. The van der Waals surface area contributed by atoms with E-state index >= 15 is 0 Å². The second-order valence-corrected chi connectivity index (χ2v) is 5.18. The highest BCUT2D eigenvalue weighted by molar-refractivity contribution is 5.76. The van der Waals surface area contributed by atoms with Crippen LogP contribution in [0.15, 0.2) is 48.5 Å². The largest absolute Gasteiger partial charge is 0.349 e. The summed E-state index contributed by atoms with van der Waals surface area (Å²) >= 11 is 0. The number of halogens is 1. The molecule has 1 aromatic heterocycles. The second-order valence-electron chi connectivity index (χ2n) is 5.18. The maximum absolute atomic E-state index is 13.1. The number of carbonyl (C=O) groups is 1. The monoisotopic (exact) mass is 297 g/mol. The fourth-order valence-electron chi connectivity index (χ4n) is 2.54. The summed E-state index contributed by atoms with van der Waals surface area (Å²) in [5, 5.41) is 2.73. The Hall–Kier alpha value is -2.69. The molecule has 0 saturated carbocycles. The molecular weight excluding hydrogens is 281 g/mol. The molecule has 112 valence electrons. The Kier molecular flexibility index (Phi) is 3.87. The lowest BCUT2D eigenvalue weighted by Gasteiger charge is -2.14. The Morgan fingerprint density at radius 2 is 1.95 bits per heavy atom. The lowest BCUT2D eigenvalue weighted by molar-refractivity contribution is -0.110. The minimum Gasteiger partial charge on any atom is -0.349 e. The molecule has 2 aromatic carbocycles. The molecule has 22 heavy (non-hydrogen) atoms.